The summed E-state index contributed by atoms with van der Waals surface area (Å²) in [6.07, 6.45) is 0.981. The second-order valence-electron chi connectivity index (χ2n) is 3.79. The van der Waals surface area contributed by atoms with Crippen LogP contribution < -0.4 is 5.32 Å². The Bertz CT molecular complexity index is 652. The van der Waals surface area contributed by atoms with Crippen molar-refractivity contribution in [1.29, 1.82) is 0 Å². The zero-order chi connectivity index (χ0) is 14.7. The zero-order valence-electron chi connectivity index (χ0n) is 9.93. The lowest BCUT2D eigenvalue weighted by Gasteiger charge is -2.07. The molecule has 0 aliphatic carbocycles. The van der Waals surface area contributed by atoms with E-state index < -0.39 is 29.2 Å². The van der Waals surface area contributed by atoms with E-state index in [0.717, 1.165) is 24.4 Å². The predicted molar refractivity (Wildman–Crippen MR) is 65.5 cm³/mol. The van der Waals surface area contributed by atoms with E-state index in [1.165, 1.54) is 12.1 Å². The van der Waals surface area contributed by atoms with Crippen molar-refractivity contribution in [3.8, 4) is 0 Å². The summed E-state index contributed by atoms with van der Waals surface area (Å²) in [6, 6.07) is 5.49. The highest BCUT2D eigenvalue weighted by atomic mass is 19.1. The third-order valence-corrected chi connectivity index (χ3v) is 2.44. The molecule has 1 aromatic carbocycles. The van der Waals surface area contributed by atoms with Crippen molar-refractivity contribution in [3.05, 3.63) is 59.4 Å². The average molecular weight is 278 g/mol. The molecule has 0 saturated heterocycles. The van der Waals surface area contributed by atoms with Crippen LogP contribution in [0.25, 0.3) is 0 Å². The number of nitrogens with zero attached hydrogens (tertiary/aromatic N) is 1. The van der Waals surface area contributed by atoms with Crippen LogP contribution in [0.3, 0.4) is 0 Å². The number of carboxylic acids is 1. The van der Waals surface area contributed by atoms with E-state index in [-0.39, 0.29) is 11.3 Å². The van der Waals surface area contributed by atoms with Crippen molar-refractivity contribution >= 4 is 17.6 Å². The van der Waals surface area contributed by atoms with Crippen molar-refractivity contribution < 1.29 is 23.5 Å². The molecule has 1 heterocycles. The molecule has 2 rings (SSSR count). The number of hydrogen-bond donors (Lipinski definition) is 2. The fourth-order valence-corrected chi connectivity index (χ4v) is 1.45. The number of amides is 1. The fourth-order valence-electron chi connectivity index (χ4n) is 1.45. The molecule has 0 bridgehead atoms. The minimum atomic E-state index is -1.19. The molecule has 0 spiro atoms. The van der Waals surface area contributed by atoms with Gasteiger partial charge in [-0.3, -0.25) is 9.78 Å². The molecule has 2 N–H and O–H groups in total. The van der Waals surface area contributed by atoms with Gasteiger partial charge in [-0.15, -0.1) is 0 Å². The van der Waals surface area contributed by atoms with Crippen molar-refractivity contribution in [1.82, 2.24) is 4.98 Å². The van der Waals surface area contributed by atoms with E-state index >= 15 is 0 Å². The molecule has 2 aromatic rings. The first-order valence-electron chi connectivity index (χ1n) is 5.44. The molecule has 0 unspecified atom stereocenters. The van der Waals surface area contributed by atoms with E-state index in [4.69, 9.17) is 5.11 Å². The molecular weight excluding hydrogens is 270 g/mol. The van der Waals surface area contributed by atoms with Crippen LogP contribution in [0.2, 0.25) is 0 Å². The van der Waals surface area contributed by atoms with Crippen LogP contribution in [-0.4, -0.2) is 22.0 Å². The van der Waals surface area contributed by atoms with E-state index in [1.54, 1.807) is 0 Å². The van der Waals surface area contributed by atoms with Gasteiger partial charge in [0.2, 0.25) is 0 Å². The van der Waals surface area contributed by atoms with E-state index in [1.807, 2.05) is 5.32 Å². The van der Waals surface area contributed by atoms with Gasteiger partial charge in [-0.2, -0.15) is 0 Å². The normalized spacial score (nSPS) is 10.1. The second kappa shape index (κ2) is 5.43. The minimum Gasteiger partial charge on any atom is -0.478 e. The summed E-state index contributed by atoms with van der Waals surface area (Å²) >= 11 is 0. The van der Waals surface area contributed by atoms with Gasteiger partial charge >= 0.3 is 5.97 Å². The Hall–Kier alpha value is -2.83. The second-order valence-corrected chi connectivity index (χ2v) is 3.79. The number of para-hydroxylation sites is 1. The Morgan fingerprint density at radius 2 is 1.75 bits per heavy atom. The summed E-state index contributed by atoms with van der Waals surface area (Å²) in [5, 5.41) is 10.7. The number of halogens is 2. The molecular formula is C13H8F2N2O3. The van der Waals surface area contributed by atoms with Gasteiger partial charge < -0.3 is 10.4 Å². The predicted octanol–water partition coefficient (Wildman–Crippen LogP) is 2.31. The number of rotatable bonds is 3. The Labute approximate surface area is 111 Å². The van der Waals surface area contributed by atoms with Gasteiger partial charge in [0, 0.05) is 6.20 Å². The van der Waals surface area contributed by atoms with Crippen LogP contribution in [0.1, 0.15) is 20.8 Å². The molecule has 0 saturated carbocycles. The van der Waals surface area contributed by atoms with Gasteiger partial charge in [0.15, 0.2) is 0 Å². The van der Waals surface area contributed by atoms with Gasteiger partial charge in [-0.1, -0.05) is 6.07 Å². The minimum absolute atomic E-state index is 0.0985. The first-order chi connectivity index (χ1) is 9.49. The van der Waals surface area contributed by atoms with Crippen LogP contribution >= 0.6 is 0 Å². The van der Waals surface area contributed by atoms with Crippen molar-refractivity contribution in [2.24, 2.45) is 0 Å². The number of carbonyl (C=O) groups excluding carboxylic acids is 1. The number of aromatic nitrogens is 1. The van der Waals surface area contributed by atoms with Crippen LogP contribution in [0.4, 0.5) is 14.5 Å². The number of anilines is 1. The van der Waals surface area contributed by atoms with Gasteiger partial charge in [0.25, 0.3) is 5.91 Å². The maximum atomic E-state index is 13.3. The summed E-state index contributed by atoms with van der Waals surface area (Å²) in [4.78, 5) is 26.0. The quantitative estimate of drug-likeness (QED) is 0.903. The summed E-state index contributed by atoms with van der Waals surface area (Å²) in [7, 11) is 0. The van der Waals surface area contributed by atoms with Crippen LogP contribution in [0, 0.1) is 11.6 Å². The highest BCUT2D eigenvalue weighted by Crippen LogP contribution is 2.18. The van der Waals surface area contributed by atoms with Crippen molar-refractivity contribution in [3.63, 3.8) is 0 Å². The Kier molecular flexibility index (Phi) is 3.69. The molecule has 0 fully saturated rings. The maximum Gasteiger partial charge on any atom is 0.337 e. The highest BCUT2D eigenvalue weighted by molar-refractivity contribution is 6.03. The van der Waals surface area contributed by atoms with E-state index in [0.29, 0.717) is 0 Å². The summed E-state index contributed by atoms with van der Waals surface area (Å²) in [5.41, 5.74) is -0.835. The first-order valence-corrected chi connectivity index (χ1v) is 5.44. The number of aromatic carboxylic acids is 1. The molecule has 0 atom stereocenters. The lowest BCUT2D eigenvalue weighted by molar-refractivity contribution is 0.0696. The number of hydrogen-bond acceptors (Lipinski definition) is 3. The molecule has 5 nitrogen and oxygen atoms in total. The smallest absolute Gasteiger partial charge is 0.337 e. The molecule has 0 aliphatic heterocycles. The third-order valence-electron chi connectivity index (χ3n) is 2.44. The lowest BCUT2D eigenvalue weighted by Crippen LogP contribution is -2.16. The largest absolute Gasteiger partial charge is 0.478 e. The van der Waals surface area contributed by atoms with Crippen molar-refractivity contribution in [2.45, 2.75) is 0 Å². The average Bonchev–Trinajstić information content (AvgIpc) is 2.43. The fraction of sp³-hybridized carbons (Fsp3) is 0. The third kappa shape index (κ3) is 2.77. The van der Waals surface area contributed by atoms with E-state index in [2.05, 4.69) is 4.98 Å². The van der Waals surface area contributed by atoms with Gasteiger partial charge in [-0.25, -0.2) is 13.6 Å². The van der Waals surface area contributed by atoms with Crippen molar-refractivity contribution in [2.75, 3.05) is 5.32 Å². The highest BCUT2D eigenvalue weighted by Gasteiger charge is 2.14. The Morgan fingerprint density at radius 1 is 1.10 bits per heavy atom. The van der Waals surface area contributed by atoms with Gasteiger partial charge in [0.1, 0.15) is 23.0 Å². The molecule has 1 amide bonds. The number of pyridine rings is 1. The standard InChI is InChI=1S/C13H8F2N2O3/c14-8-2-1-3-9(15)11(8)17-12(18)10-5-4-7(6-16-10)13(19)20/h1-6H,(H,17,18)(H,19,20). The molecule has 0 aliphatic rings. The molecule has 1 aromatic heterocycles. The number of nitrogens with one attached hydrogen (secondary N) is 1. The summed E-state index contributed by atoms with van der Waals surface area (Å²) < 4.78 is 26.7. The van der Waals surface area contributed by atoms with E-state index in [9.17, 15) is 18.4 Å². The molecule has 20 heavy (non-hydrogen) atoms. The summed E-state index contributed by atoms with van der Waals surface area (Å²) in [5.74, 6) is -3.86. The topological polar surface area (TPSA) is 79.3 Å². The Balaban J connectivity index is 2.22. The SMILES string of the molecule is O=C(O)c1ccc(C(=O)Nc2c(F)cccc2F)nc1. The maximum absolute atomic E-state index is 13.3. The summed E-state index contributed by atoms with van der Waals surface area (Å²) in [6.45, 7) is 0. The Morgan fingerprint density at radius 3 is 2.25 bits per heavy atom. The first kappa shape index (κ1) is 13.6. The number of carbonyl (C=O) groups is 2. The monoisotopic (exact) mass is 278 g/mol. The zero-order valence-corrected chi connectivity index (χ0v) is 9.93. The lowest BCUT2D eigenvalue weighted by atomic mass is 10.2. The van der Waals surface area contributed by atoms with Gasteiger partial charge in [0.05, 0.1) is 5.56 Å². The van der Waals surface area contributed by atoms with Crippen LogP contribution in [0.15, 0.2) is 36.5 Å². The van der Waals surface area contributed by atoms with Crippen LogP contribution in [0.5, 0.6) is 0 Å². The number of carboxylic acid groups (broad SMARTS) is 1. The molecule has 7 heteroatoms. The number of benzene rings is 1. The van der Waals surface area contributed by atoms with Gasteiger partial charge in [-0.05, 0) is 24.3 Å². The molecule has 0 radical (unpaired) electrons. The molecule has 102 valence electrons. The van der Waals surface area contributed by atoms with Crippen LogP contribution in [-0.2, 0) is 0 Å².